The molecule has 1 saturated heterocycles. The maximum absolute atomic E-state index is 12.7. The van der Waals surface area contributed by atoms with Gasteiger partial charge in [0.05, 0.1) is 33.3 Å². The minimum absolute atomic E-state index is 0.203. The highest BCUT2D eigenvalue weighted by molar-refractivity contribution is 9.10. The van der Waals surface area contributed by atoms with E-state index in [9.17, 15) is 9.59 Å². The van der Waals surface area contributed by atoms with Crippen molar-refractivity contribution in [1.29, 1.82) is 0 Å². The van der Waals surface area contributed by atoms with Gasteiger partial charge >= 0.3 is 5.97 Å². The minimum atomic E-state index is -0.475. The molecule has 0 spiro atoms. The van der Waals surface area contributed by atoms with E-state index in [1.165, 1.54) is 23.8 Å². The fourth-order valence-corrected chi connectivity index (χ4v) is 4.58. The van der Waals surface area contributed by atoms with Gasteiger partial charge in [0.1, 0.15) is 11.5 Å². The fraction of sp³-hybridized carbons (Fsp3) is 0.0870. The average Bonchev–Trinajstić information content (AvgIpc) is 3.36. The van der Waals surface area contributed by atoms with Crippen LogP contribution in [0.3, 0.4) is 0 Å². The zero-order valence-corrected chi connectivity index (χ0v) is 21.2. The van der Waals surface area contributed by atoms with Crippen molar-refractivity contribution in [3.05, 3.63) is 79.3 Å². The van der Waals surface area contributed by atoms with Gasteiger partial charge in [-0.1, -0.05) is 23.2 Å². The summed E-state index contributed by atoms with van der Waals surface area (Å²) in [7, 11) is 2.96. The second-order valence-corrected chi connectivity index (χ2v) is 9.53. The molecule has 33 heavy (non-hydrogen) atoms. The number of carbonyl (C=O) groups excluding carboxylic acids is 2. The number of hydrogen-bond acceptors (Lipinski definition) is 6. The number of rotatable bonds is 4. The zero-order valence-electron chi connectivity index (χ0n) is 17.3. The number of esters is 1. The Bertz CT molecular complexity index is 1340. The number of nitrogens with zero attached hydrogens (tertiary/aromatic N) is 2. The Balaban J connectivity index is 1.61. The highest BCUT2D eigenvalue weighted by Crippen LogP contribution is 2.36. The Labute approximate surface area is 212 Å². The summed E-state index contributed by atoms with van der Waals surface area (Å²) >= 11 is 17.0. The number of halogens is 3. The summed E-state index contributed by atoms with van der Waals surface area (Å²) in [6, 6.07) is 13.5. The van der Waals surface area contributed by atoms with Crippen LogP contribution in [0.1, 0.15) is 16.1 Å². The standard InChI is InChI=1S/C23H15BrCl2N2O4S/c1-28-21(29)20(33-23(28)27-13-4-6-16(24)18(26)10-13)11-14-5-8-19(32-14)15-9-12(22(30)31-2)3-7-17(15)25/h3-11H,1-2H3/b20-11-,27-23?. The Morgan fingerprint density at radius 3 is 2.67 bits per heavy atom. The van der Waals surface area contributed by atoms with Gasteiger partial charge in [-0.15, -0.1) is 0 Å². The van der Waals surface area contributed by atoms with Crippen molar-refractivity contribution >= 4 is 79.7 Å². The second kappa shape index (κ2) is 9.77. The number of hydrogen-bond donors (Lipinski definition) is 0. The smallest absolute Gasteiger partial charge is 0.337 e. The van der Waals surface area contributed by atoms with Crippen molar-refractivity contribution in [1.82, 2.24) is 4.90 Å². The lowest BCUT2D eigenvalue weighted by Gasteiger charge is -2.07. The topological polar surface area (TPSA) is 72.1 Å². The van der Waals surface area contributed by atoms with Crippen molar-refractivity contribution in [2.75, 3.05) is 14.2 Å². The SMILES string of the molecule is COC(=O)c1ccc(Cl)c(-c2ccc(/C=C3\SC(=Nc4ccc(Br)c(Cl)c4)N(C)C3=O)o2)c1. The van der Waals surface area contributed by atoms with E-state index in [0.29, 0.717) is 48.5 Å². The largest absolute Gasteiger partial charge is 0.465 e. The predicted molar refractivity (Wildman–Crippen MR) is 135 cm³/mol. The molecule has 0 atom stereocenters. The second-order valence-electron chi connectivity index (χ2n) is 6.86. The molecule has 1 fully saturated rings. The maximum atomic E-state index is 12.7. The minimum Gasteiger partial charge on any atom is -0.465 e. The molecule has 1 aromatic heterocycles. The molecule has 3 aromatic rings. The first-order valence-corrected chi connectivity index (χ1v) is 11.8. The van der Waals surface area contributed by atoms with Crippen LogP contribution in [0.25, 0.3) is 17.4 Å². The molecule has 0 bridgehead atoms. The summed E-state index contributed by atoms with van der Waals surface area (Å²) in [4.78, 5) is 31.0. The summed E-state index contributed by atoms with van der Waals surface area (Å²) in [6.07, 6.45) is 1.64. The van der Waals surface area contributed by atoms with E-state index >= 15 is 0 Å². The Morgan fingerprint density at radius 2 is 1.94 bits per heavy atom. The van der Waals surface area contributed by atoms with Crippen LogP contribution in [0.2, 0.25) is 10.0 Å². The van der Waals surface area contributed by atoms with Crippen LogP contribution in [0, 0.1) is 0 Å². The first-order chi connectivity index (χ1) is 15.8. The van der Waals surface area contributed by atoms with Gasteiger partial charge in [0.25, 0.3) is 5.91 Å². The zero-order chi connectivity index (χ0) is 23.7. The first-order valence-electron chi connectivity index (χ1n) is 9.46. The molecule has 0 saturated carbocycles. The van der Waals surface area contributed by atoms with Crippen molar-refractivity contribution < 1.29 is 18.7 Å². The molecule has 0 aliphatic carbocycles. The number of furan rings is 1. The van der Waals surface area contributed by atoms with Crippen LogP contribution >= 0.6 is 50.9 Å². The molecule has 0 radical (unpaired) electrons. The van der Waals surface area contributed by atoms with E-state index in [1.807, 2.05) is 0 Å². The van der Waals surface area contributed by atoms with E-state index in [-0.39, 0.29) is 5.91 Å². The number of methoxy groups -OCH3 is 1. The third-order valence-electron chi connectivity index (χ3n) is 4.68. The lowest BCUT2D eigenvalue weighted by atomic mass is 10.1. The molecule has 4 rings (SSSR count). The van der Waals surface area contributed by atoms with Gasteiger partial charge in [0.2, 0.25) is 0 Å². The van der Waals surface area contributed by atoms with Gasteiger partial charge in [0, 0.05) is 23.2 Å². The van der Waals surface area contributed by atoms with Gasteiger partial charge < -0.3 is 9.15 Å². The van der Waals surface area contributed by atoms with Gasteiger partial charge in [-0.3, -0.25) is 9.69 Å². The molecule has 1 aliphatic rings. The summed E-state index contributed by atoms with van der Waals surface area (Å²) in [5, 5.41) is 1.47. The molecule has 2 heterocycles. The third-order valence-corrected chi connectivity index (χ3v) is 7.31. The summed E-state index contributed by atoms with van der Waals surface area (Å²) in [5.41, 5.74) is 1.53. The molecule has 2 aromatic carbocycles. The fourth-order valence-electron chi connectivity index (χ4n) is 2.98. The highest BCUT2D eigenvalue weighted by Gasteiger charge is 2.30. The predicted octanol–water partition coefficient (Wildman–Crippen LogP) is 7.04. The van der Waals surface area contributed by atoms with Crippen molar-refractivity contribution in [3.8, 4) is 11.3 Å². The monoisotopic (exact) mass is 564 g/mol. The van der Waals surface area contributed by atoms with Crippen LogP contribution in [-0.4, -0.2) is 36.1 Å². The van der Waals surface area contributed by atoms with Gasteiger partial charge in [-0.2, -0.15) is 0 Å². The number of likely N-dealkylation sites (N-methyl/N-ethyl adjacent to an activating group) is 1. The molecular weight excluding hydrogens is 551 g/mol. The third kappa shape index (κ3) is 5.04. The molecule has 6 nitrogen and oxygen atoms in total. The number of ether oxygens (including phenoxy) is 1. The van der Waals surface area contributed by atoms with E-state index in [1.54, 1.807) is 61.7 Å². The van der Waals surface area contributed by atoms with E-state index in [4.69, 9.17) is 32.4 Å². The summed E-state index contributed by atoms with van der Waals surface area (Å²) in [6.45, 7) is 0. The van der Waals surface area contributed by atoms with Crippen LogP contribution in [0.15, 0.2) is 67.3 Å². The number of benzene rings is 2. The number of thioether (sulfide) groups is 1. The van der Waals surface area contributed by atoms with Gasteiger partial charge in [-0.05, 0) is 76.2 Å². The Hall–Kier alpha value is -2.52. The van der Waals surface area contributed by atoms with Crippen LogP contribution in [0.4, 0.5) is 5.69 Å². The van der Waals surface area contributed by atoms with Gasteiger partial charge in [0.15, 0.2) is 5.17 Å². The van der Waals surface area contributed by atoms with E-state index in [2.05, 4.69) is 20.9 Å². The molecule has 1 aliphatic heterocycles. The van der Waals surface area contributed by atoms with Crippen LogP contribution < -0.4 is 0 Å². The number of carbonyl (C=O) groups is 2. The van der Waals surface area contributed by atoms with Crippen molar-refractivity contribution in [2.45, 2.75) is 0 Å². The lowest BCUT2D eigenvalue weighted by Crippen LogP contribution is -2.23. The average molecular weight is 566 g/mol. The van der Waals surface area contributed by atoms with Crippen LogP contribution in [-0.2, 0) is 9.53 Å². The van der Waals surface area contributed by atoms with Crippen molar-refractivity contribution in [2.24, 2.45) is 4.99 Å². The van der Waals surface area contributed by atoms with E-state index < -0.39 is 5.97 Å². The lowest BCUT2D eigenvalue weighted by molar-refractivity contribution is -0.121. The molecule has 1 amide bonds. The van der Waals surface area contributed by atoms with Gasteiger partial charge in [-0.25, -0.2) is 9.79 Å². The molecule has 0 unspecified atom stereocenters. The summed E-state index contributed by atoms with van der Waals surface area (Å²) in [5.74, 6) is 0.240. The highest BCUT2D eigenvalue weighted by atomic mass is 79.9. The number of amides is 1. The van der Waals surface area contributed by atoms with E-state index in [0.717, 1.165) is 4.47 Å². The normalized spacial score (nSPS) is 16.2. The van der Waals surface area contributed by atoms with Crippen LogP contribution in [0.5, 0.6) is 0 Å². The maximum Gasteiger partial charge on any atom is 0.337 e. The van der Waals surface area contributed by atoms with Crippen molar-refractivity contribution in [3.63, 3.8) is 0 Å². The molecule has 0 N–H and O–H groups in total. The number of amidine groups is 1. The molecule has 10 heteroatoms. The molecular formula is C23H15BrCl2N2O4S. The Kier molecular flexibility index (Phi) is 6.99. The molecule has 168 valence electrons. The summed E-state index contributed by atoms with van der Waals surface area (Å²) < 4.78 is 11.4. The first kappa shape index (κ1) is 23.6. The number of aliphatic imine (C=N–C) groups is 1. The quantitative estimate of drug-likeness (QED) is 0.251. The Morgan fingerprint density at radius 1 is 1.15 bits per heavy atom.